The van der Waals surface area contributed by atoms with Crippen molar-refractivity contribution in [2.24, 2.45) is 0 Å². The number of aromatic nitrogens is 2. The zero-order valence-corrected chi connectivity index (χ0v) is 16.8. The van der Waals surface area contributed by atoms with E-state index in [0.29, 0.717) is 12.4 Å². The van der Waals surface area contributed by atoms with Gasteiger partial charge in [0.25, 0.3) is 5.91 Å². The minimum absolute atomic E-state index is 0.0854. The zero-order valence-electron chi connectivity index (χ0n) is 16.8. The van der Waals surface area contributed by atoms with Crippen molar-refractivity contribution < 1.29 is 27.1 Å². The van der Waals surface area contributed by atoms with Crippen LogP contribution < -0.4 is 15.0 Å². The van der Waals surface area contributed by atoms with E-state index >= 15 is 0 Å². The highest BCUT2D eigenvalue weighted by molar-refractivity contribution is 5.94. The summed E-state index contributed by atoms with van der Waals surface area (Å²) in [5, 5.41) is 10.1. The first-order chi connectivity index (χ1) is 15.3. The van der Waals surface area contributed by atoms with Gasteiger partial charge in [0.2, 0.25) is 0 Å². The van der Waals surface area contributed by atoms with Crippen LogP contribution in [-0.4, -0.2) is 41.6 Å². The second-order valence-corrected chi connectivity index (χ2v) is 7.48. The summed E-state index contributed by atoms with van der Waals surface area (Å²) < 4.78 is 54.3. The van der Waals surface area contributed by atoms with Gasteiger partial charge in [0.05, 0.1) is 5.69 Å². The molecule has 0 spiro atoms. The predicted molar refractivity (Wildman–Crippen MR) is 110 cm³/mol. The Balaban J connectivity index is 1.40. The standard InChI is InChI=1S/C22H20F4N4O2/c23-16-8-6-14(7-9-16)19-12-20(29-28-19)30-10-2-4-17(13-30)27-21(31)15-3-1-5-18(11-15)32-22(24,25)26/h1,3,5-9,11-12,17H,2,4,10,13H2,(H,27,31)(H,28,29). The molecule has 168 valence electrons. The van der Waals surface area contributed by atoms with Crippen LogP contribution in [0.4, 0.5) is 23.4 Å². The molecule has 4 rings (SSSR count). The summed E-state index contributed by atoms with van der Waals surface area (Å²) in [4.78, 5) is 14.6. The third-order valence-electron chi connectivity index (χ3n) is 5.13. The van der Waals surface area contributed by atoms with Crippen molar-refractivity contribution in [1.29, 1.82) is 0 Å². The maximum Gasteiger partial charge on any atom is 0.573 e. The van der Waals surface area contributed by atoms with Crippen LogP contribution >= 0.6 is 0 Å². The Morgan fingerprint density at radius 1 is 1.16 bits per heavy atom. The molecule has 1 unspecified atom stereocenters. The van der Waals surface area contributed by atoms with Crippen molar-refractivity contribution in [1.82, 2.24) is 15.5 Å². The first-order valence-electron chi connectivity index (χ1n) is 10.00. The van der Waals surface area contributed by atoms with Crippen LogP contribution in [0.25, 0.3) is 11.3 Å². The van der Waals surface area contributed by atoms with E-state index in [1.807, 2.05) is 11.0 Å². The van der Waals surface area contributed by atoms with Gasteiger partial charge in [-0.15, -0.1) is 13.2 Å². The number of carbonyl (C=O) groups is 1. The van der Waals surface area contributed by atoms with Gasteiger partial charge < -0.3 is 15.0 Å². The Morgan fingerprint density at radius 3 is 2.69 bits per heavy atom. The molecule has 32 heavy (non-hydrogen) atoms. The number of hydrogen-bond donors (Lipinski definition) is 2. The van der Waals surface area contributed by atoms with Crippen molar-refractivity contribution in [3.05, 3.63) is 66.0 Å². The first-order valence-corrected chi connectivity index (χ1v) is 10.00. The first kappa shape index (κ1) is 21.7. The number of alkyl halides is 3. The monoisotopic (exact) mass is 448 g/mol. The lowest BCUT2D eigenvalue weighted by Crippen LogP contribution is -2.48. The molecule has 1 aromatic heterocycles. The van der Waals surface area contributed by atoms with Crippen LogP contribution in [0.5, 0.6) is 5.75 Å². The lowest BCUT2D eigenvalue weighted by atomic mass is 10.0. The number of hydrogen-bond acceptors (Lipinski definition) is 4. The summed E-state index contributed by atoms with van der Waals surface area (Å²) in [7, 11) is 0. The molecule has 1 aliphatic rings. The van der Waals surface area contributed by atoms with E-state index in [4.69, 9.17) is 0 Å². The molecule has 3 aromatic rings. The van der Waals surface area contributed by atoms with Gasteiger partial charge in [-0.05, 0) is 60.9 Å². The molecule has 2 heterocycles. The van der Waals surface area contributed by atoms with Crippen molar-refractivity contribution >= 4 is 11.7 Å². The molecule has 10 heteroatoms. The lowest BCUT2D eigenvalue weighted by molar-refractivity contribution is -0.274. The maximum absolute atomic E-state index is 13.1. The van der Waals surface area contributed by atoms with Crippen LogP contribution in [0.15, 0.2) is 54.6 Å². The van der Waals surface area contributed by atoms with Gasteiger partial charge in [-0.3, -0.25) is 9.89 Å². The number of H-pyrrole nitrogens is 1. The highest BCUT2D eigenvalue weighted by atomic mass is 19.4. The van der Waals surface area contributed by atoms with E-state index in [9.17, 15) is 22.4 Å². The summed E-state index contributed by atoms with van der Waals surface area (Å²) >= 11 is 0. The largest absolute Gasteiger partial charge is 0.573 e. The summed E-state index contributed by atoms with van der Waals surface area (Å²) in [6, 6.07) is 12.7. The minimum atomic E-state index is -4.82. The molecule has 1 aliphatic heterocycles. The molecule has 6 nitrogen and oxygen atoms in total. The van der Waals surface area contributed by atoms with Crippen LogP contribution in [-0.2, 0) is 0 Å². The van der Waals surface area contributed by atoms with Gasteiger partial charge >= 0.3 is 6.36 Å². The van der Waals surface area contributed by atoms with Gasteiger partial charge in [-0.1, -0.05) is 6.07 Å². The Kier molecular flexibility index (Phi) is 6.02. The summed E-state index contributed by atoms with van der Waals surface area (Å²) in [6.45, 7) is 1.24. The molecule has 0 radical (unpaired) electrons. The number of rotatable bonds is 5. The number of piperidine rings is 1. The van der Waals surface area contributed by atoms with Crippen LogP contribution in [0.2, 0.25) is 0 Å². The maximum atomic E-state index is 13.1. The highest BCUT2D eigenvalue weighted by Crippen LogP contribution is 2.25. The van der Waals surface area contributed by atoms with E-state index in [-0.39, 0.29) is 17.4 Å². The minimum Gasteiger partial charge on any atom is -0.406 e. The van der Waals surface area contributed by atoms with Crippen molar-refractivity contribution in [2.45, 2.75) is 25.2 Å². The number of carbonyl (C=O) groups excluding carboxylic acids is 1. The summed E-state index contributed by atoms with van der Waals surface area (Å²) in [6.07, 6.45) is -3.29. The average Bonchev–Trinajstić information content (AvgIpc) is 3.24. The molecule has 0 bridgehead atoms. The highest BCUT2D eigenvalue weighted by Gasteiger charge is 2.31. The number of nitrogens with zero attached hydrogens (tertiary/aromatic N) is 2. The van der Waals surface area contributed by atoms with Crippen molar-refractivity contribution in [2.75, 3.05) is 18.0 Å². The van der Waals surface area contributed by atoms with Gasteiger partial charge in [0.1, 0.15) is 11.6 Å². The van der Waals surface area contributed by atoms with E-state index in [0.717, 1.165) is 42.8 Å². The Bertz CT molecular complexity index is 1080. The smallest absolute Gasteiger partial charge is 0.406 e. The molecule has 1 atom stereocenters. The number of halogens is 4. The number of benzene rings is 2. The number of nitrogens with one attached hydrogen (secondary N) is 2. The van der Waals surface area contributed by atoms with E-state index in [1.54, 1.807) is 12.1 Å². The normalized spacial score (nSPS) is 16.6. The second-order valence-electron chi connectivity index (χ2n) is 7.48. The third-order valence-corrected chi connectivity index (χ3v) is 5.13. The molecular weight excluding hydrogens is 428 g/mol. The average molecular weight is 448 g/mol. The molecular formula is C22H20F4N4O2. The van der Waals surface area contributed by atoms with Gasteiger partial charge in [0.15, 0.2) is 5.82 Å². The Morgan fingerprint density at radius 2 is 1.94 bits per heavy atom. The fourth-order valence-electron chi connectivity index (χ4n) is 3.66. The Hall–Kier alpha value is -3.56. The third kappa shape index (κ3) is 5.37. The topological polar surface area (TPSA) is 70.2 Å². The fraction of sp³-hybridized carbons (Fsp3) is 0.273. The van der Waals surface area contributed by atoms with Crippen molar-refractivity contribution in [3.8, 4) is 17.0 Å². The van der Waals surface area contributed by atoms with Gasteiger partial charge in [0, 0.05) is 30.8 Å². The van der Waals surface area contributed by atoms with E-state index in [2.05, 4.69) is 20.3 Å². The lowest BCUT2D eigenvalue weighted by Gasteiger charge is -2.33. The van der Waals surface area contributed by atoms with Crippen LogP contribution in [0.3, 0.4) is 0 Å². The molecule has 1 saturated heterocycles. The predicted octanol–water partition coefficient (Wildman–Crippen LogP) is 4.51. The number of aromatic amines is 1. The molecule has 2 N–H and O–H groups in total. The fourth-order valence-corrected chi connectivity index (χ4v) is 3.66. The molecule has 1 amide bonds. The van der Waals surface area contributed by atoms with Crippen LogP contribution in [0.1, 0.15) is 23.2 Å². The number of anilines is 1. The summed E-state index contributed by atoms with van der Waals surface area (Å²) in [5.74, 6) is -0.541. The van der Waals surface area contributed by atoms with Gasteiger partial charge in [-0.2, -0.15) is 5.10 Å². The molecule has 0 aliphatic carbocycles. The molecule has 2 aromatic carbocycles. The quantitative estimate of drug-likeness (QED) is 0.564. The number of amides is 1. The Labute approximate surface area is 181 Å². The second kappa shape index (κ2) is 8.89. The van der Waals surface area contributed by atoms with Crippen LogP contribution in [0, 0.1) is 5.82 Å². The number of ether oxygens (including phenoxy) is 1. The van der Waals surface area contributed by atoms with Gasteiger partial charge in [-0.25, -0.2) is 4.39 Å². The van der Waals surface area contributed by atoms with E-state index in [1.165, 1.54) is 24.3 Å². The molecule has 1 fully saturated rings. The molecule has 0 saturated carbocycles. The zero-order chi connectivity index (χ0) is 22.7. The summed E-state index contributed by atoms with van der Waals surface area (Å²) in [5.41, 5.74) is 1.63. The van der Waals surface area contributed by atoms with Crippen molar-refractivity contribution in [3.63, 3.8) is 0 Å². The van der Waals surface area contributed by atoms with E-state index < -0.39 is 18.0 Å². The SMILES string of the molecule is O=C(NC1CCCN(c2cc(-c3ccc(F)cc3)[nH]n2)C1)c1cccc(OC(F)(F)F)c1.